The number of benzene rings is 1. The third-order valence-electron chi connectivity index (χ3n) is 8.48. The Hall–Kier alpha value is -3.27. The van der Waals surface area contributed by atoms with Gasteiger partial charge in [-0.1, -0.05) is 45.0 Å². The highest BCUT2D eigenvalue weighted by Gasteiger charge is 2.44. The highest BCUT2D eigenvalue weighted by Crippen LogP contribution is 2.29. The average Bonchev–Trinajstić information content (AvgIpc) is 3.69. The zero-order chi connectivity index (χ0) is 37.4. The molecule has 284 valence electrons. The summed E-state index contributed by atoms with van der Waals surface area (Å²) in [6.45, 7) is 13.4. The Bertz CT molecular complexity index is 1400. The Morgan fingerprint density at radius 2 is 1.55 bits per heavy atom. The van der Waals surface area contributed by atoms with Gasteiger partial charge in [-0.25, -0.2) is 4.98 Å². The van der Waals surface area contributed by atoms with Gasteiger partial charge in [0.2, 0.25) is 17.7 Å². The number of carbonyl (C=O) groups is 4. The molecule has 0 unspecified atom stereocenters. The van der Waals surface area contributed by atoms with Crippen molar-refractivity contribution < 1.29 is 43.2 Å². The Kier molecular flexibility index (Phi) is 17.6. The van der Waals surface area contributed by atoms with Crippen molar-refractivity contribution in [2.45, 2.75) is 91.5 Å². The smallest absolute Gasteiger partial charge is 0.246 e. The topological polar surface area (TPSA) is 166 Å². The molecule has 1 aliphatic heterocycles. The number of aliphatic hydroxyl groups excluding tert-OH is 1. The van der Waals surface area contributed by atoms with Crippen molar-refractivity contribution >= 4 is 34.8 Å². The molecule has 1 aromatic carbocycles. The van der Waals surface area contributed by atoms with Gasteiger partial charge >= 0.3 is 0 Å². The van der Waals surface area contributed by atoms with Crippen LogP contribution in [0, 0.1) is 12.3 Å². The number of aliphatic hydroxyl groups is 1. The number of carbonyl (C=O) groups excluding carboxylic acids is 4. The quantitative estimate of drug-likeness (QED) is 0.152. The van der Waals surface area contributed by atoms with Crippen LogP contribution in [0.2, 0.25) is 0 Å². The fraction of sp³-hybridized carbons (Fsp3) is 0.649. The van der Waals surface area contributed by atoms with E-state index in [1.54, 1.807) is 18.3 Å². The van der Waals surface area contributed by atoms with E-state index in [2.05, 4.69) is 15.6 Å². The number of amides is 3. The molecule has 51 heavy (non-hydrogen) atoms. The van der Waals surface area contributed by atoms with Crippen molar-refractivity contribution in [1.82, 2.24) is 20.5 Å². The molecule has 4 atom stereocenters. The van der Waals surface area contributed by atoms with Gasteiger partial charge < -0.3 is 44.4 Å². The number of Topliss-reactive ketones (excluding diaryl/α,β-unsaturated/α-hetero) is 1. The van der Waals surface area contributed by atoms with Gasteiger partial charge in [-0.3, -0.25) is 14.4 Å². The molecule has 1 fully saturated rings. The van der Waals surface area contributed by atoms with Gasteiger partial charge in [0.05, 0.1) is 67.9 Å². The van der Waals surface area contributed by atoms with E-state index in [9.17, 15) is 24.3 Å². The number of ether oxygens (including phenoxy) is 4. The molecule has 1 aliphatic rings. The molecule has 0 aliphatic carbocycles. The maximum atomic E-state index is 13.9. The largest absolute Gasteiger partial charge is 0.391 e. The number of β-amino-alcohol motifs (C(OH)–C–C–N with tert-alkyl or cyclic N) is 1. The number of aromatic nitrogens is 1. The Morgan fingerprint density at radius 1 is 0.941 bits per heavy atom. The molecule has 0 bridgehead atoms. The van der Waals surface area contributed by atoms with E-state index in [4.69, 9.17) is 18.9 Å². The van der Waals surface area contributed by atoms with Crippen molar-refractivity contribution in [2.24, 2.45) is 5.41 Å². The monoisotopic (exact) mass is 732 g/mol. The number of nitrogens with one attached hydrogen (secondary N) is 2. The van der Waals surface area contributed by atoms with Crippen LogP contribution in [0.25, 0.3) is 10.4 Å². The zero-order valence-electron chi connectivity index (χ0n) is 30.9. The molecular formula is C37H56N4O9S. The van der Waals surface area contributed by atoms with Gasteiger partial charge in [-0.15, -0.1) is 11.3 Å². The summed E-state index contributed by atoms with van der Waals surface area (Å²) in [4.78, 5) is 57.9. The molecular weight excluding hydrogens is 676 g/mol. The van der Waals surface area contributed by atoms with Crippen molar-refractivity contribution in [2.75, 3.05) is 59.4 Å². The summed E-state index contributed by atoms with van der Waals surface area (Å²) in [6.07, 6.45) is 1.50. The Morgan fingerprint density at radius 3 is 2.12 bits per heavy atom. The number of hydrogen-bond donors (Lipinski definition) is 3. The molecule has 3 amide bonds. The summed E-state index contributed by atoms with van der Waals surface area (Å²) in [5.41, 5.74) is 4.05. The molecule has 3 rings (SSSR count). The van der Waals surface area contributed by atoms with Gasteiger partial charge in [0, 0.05) is 26.0 Å². The van der Waals surface area contributed by atoms with Gasteiger partial charge in [0.25, 0.3) is 0 Å². The maximum Gasteiger partial charge on any atom is 0.246 e. The lowest BCUT2D eigenvalue weighted by Gasteiger charge is -2.35. The standard InChI is InChI=1S/C37H56N4O9S/c1-25(42)9-7-8-14-47-15-16-48-17-18-49-19-20-50-23-32(44)40-34(37(4,5)6)36(46)41-22-30(43)21-31(41)35(45)39-26(2)28-10-12-29(13-11-28)33-27(3)38-24-51-33/h10-13,24,26,30-31,34,43H,7-9,14-23H2,1-6H3,(H,39,45)(H,40,44)/t26-,30+,31-,34+/m0/s1. The Labute approximate surface area is 305 Å². The van der Waals surface area contributed by atoms with Crippen LogP contribution in [0.15, 0.2) is 29.8 Å². The highest BCUT2D eigenvalue weighted by atomic mass is 32.1. The van der Waals surface area contributed by atoms with Crippen molar-refractivity contribution in [1.29, 1.82) is 0 Å². The fourth-order valence-corrected chi connectivity index (χ4v) is 6.43. The summed E-state index contributed by atoms with van der Waals surface area (Å²) in [5, 5.41) is 16.3. The van der Waals surface area contributed by atoms with E-state index < -0.39 is 35.4 Å². The first-order valence-electron chi connectivity index (χ1n) is 17.7. The second-order valence-corrected chi connectivity index (χ2v) is 14.8. The number of likely N-dealkylation sites (tertiary alicyclic amines) is 1. The second kappa shape index (κ2) is 21.3. The van der Waals surface area contributed by atoms with E-state index in [0.717, 1.165) is 34.5 Å². The number of aryl methyl sites for hydroxylation is 1. The molecule has 0 spiro atoms. The molecule has 14 heteroatoms. The number of nitrogens with zero attached hydrogens (tertiary/aromatic N) is 2. The number of thiazole rings is 1. The normalized spacial score (nSPS) is 17.3. The molecule has 1 saturated heterocycles. The van der Waals surface area contributed by atoms with Crippen LogP contribution in [0.3, 0.4) is 0 Å². The molecule has 2 heterocycles. The van der Waals surface area contributed by atoms with Crippen LogP contribution in [-0.2, 0) is 38.1 Å². The van der Waals surface area contributed by atoms with E-state index in [-0.39, 0.29) is 50.5 Å². The minimum Gasteiger partial charge on any atom is -0.391 e. The first-order valence-corrected chi connectivity index (χ1v) is 18.5. The molecule has 13 nitrogen and oxygen atoms in total. The molecule has 2 aromatic rings. The first kappa shape index (κ1) is 42.1. The summed E-state index contributed by atoms with van der Waals surface area (Å²) >= 11 is 1.57. The number of ketones is 1. The summed E-state index contributed by atoms with van der Waals surface area (Å²) < 4.78 is 21.9. The number of rotatable bonds is 22. The first-order chi connectivity index (χ1) is 24.3. The predicted molar refractivity (Wildman–Crippen MR) is 194 cm³/mol. The average molecular weight is 733 g/mol. The van der Waals surface area contributed by atoms with Crippen LogP contribution >= 0.6 is 11.3 Å². The van der Waals surface area contributed by atoms with Gasteiger partial charge in [-0.2, -0.15) is 0 Å². The van der Waals surface area contributed by atoms with Crippen LogP contribution in [-0.4, -0.2) is 116 Å². The van der Waals surface area contributed by atoms with Gasteiger partial charge in [-0.05, 0) is 50.2 Å². The SMILES string of the molecule is CC(=O)CCCCOCCOCCOCCOCC(=O)N[C@H](C(=O)N1C[C@H](O)C[C@H]1C(=O)N[C@@H](C)c1ccc(-c2scnc2C)cc1)C(C)(C)C. The molecule has 1 aromatic heterocycles. The van der Waals surface area contributed by atoms with Crippen LogP contribution in [0.4, 0.5) is 0 Å². The van der Waals surface area contributed by atoms with Crippen molar-refractivity contribution in [3.63, 3.8) is 0 Å². The summed E-state index contributed by atoms with van der Waals surface area (Å²) in [7, 11) is 0. The van der Waals surface area contributed by atoms with Gasteiger partial charge in [0.1, 0.15) is 24.5 Å². The number of unbranched alkanes of at least 4 members (excludes halogenated alkanes) is 1. The summed E-state index contributed by atoms with van der Waals surface area (Å²) in [5.74, 6) is -1.09. The van der Waals surface area contributed by atoms with Crippen LogP contribution in [0.5, 0.6) is 0 Å². The van der Waals surface area contributed by atoms with E-state index >= 15 is 0 Å². The summed E-state index contributed by atoms with van der Waals surface area (Å²) in [6, 6.07) is 5.74. The molecule has 3 N–H and O–H groups in total. The van der Waals surface area contributed by atoms with Gasteiger partial charge in [0.15, 0.2) is 0 Å². The predicted octanol–water partition coefficient (Wildman–Crippen LogP) is 3.61. The lowest BCUT2D eigenvalue weighted by atomic mass is 9.85. The fourth-order valence-electron chi connectivity index (χ4n) is 5.62. The zero-order valence-corrected chi connectivity index (χ0v) is 31.7. The van der Waals surface area contributed by atoms with E-state index in [1.807, 2.05) is 64.4 Å². The van der Waals surface area contributed by atoms with Crippen molar-refractivity contribution in [3.8, 4) is 10.4 Å². The van der Waals surface area contributed by atoms with Crippen LogP contribution in [0.1, 0.15) is 77.6 Å². The highest BCUT2D eigenvalue weighted by molar-refractivity contribution is 7.13. The minimum absolute atomic E-state index is 0.0105. The lowest BCUT2D eigenvalue weighted by Crippen LogP contribution is -2.58. The third kappa shape index (κ3) is 14.3. The molecule has 0 radical (unpaired) electrons. The Balaban J connectivity index is 1.39. The molecule has 0 saturated carbocycles. The number of hydrogen-bond acceptors (Lipinski definition) is 11. The minimum atomic E-state index is -0.952. The van der Waals surface area contributed by atoms with Crippen LogP contribution < -0.4 is 10.6 Å². The maximum absolute atomic E-state index is 13.9. The lowest BCUT2D eigenvalue weighted by molar-refractivity contribution is -0.144. The van der Waals surface area contributed by atoms with Crippen molar-refractivity contribution in [3.05, 3.63) is 41.0 Å². The third-order valence-corrected chi connectivity index (χ3v) is 9.45. The second-order valence-electron chi connectivity index (χ2n) is 13.9. The van der Waals surface area contributed by atoms with E-state index in [1.165, 1.54) is 4.90 Å². The van der Waals surface area contributed by atoms with E-state index in [0.29, 0.717) is 39.5 Å².